The third-order valence-electron chi connectivity index (χ3n) is 5.71. The molecule has 0 aliphatic heterocycles. The van der Waals surface area contributed by atoms with Crippen molar-refractivity contribution in [3.63, 3.8) is 0 Å². The number of hydroxylamine groups is 2. The molecule has 1 fully saturated rings. The van der Waals surface area contributed by atoms with Crippen molar-refractivity contribution in [2.75, 3.05) is 19.9 Å². The highest BCUT2D eigenvalue weighted by atomic mass is 32.2. The average molecular weight is 469 g/mol. The number of carbonyl (C=O) groups excluding carboxylic acids is 1. The van der Waals surface area contributed by atoms with Gasteiger partial charge in [-0.25, -0.2) is 37.0 Å². The number of sulfonamides is 1. The lowest BCUT2D eigenvalue weighted by atomic mass is 9.78. The van der Waals surface area contributed by atoms with Crippen LogP contribution in [0.2, 0.25) is 0 Å². The second kappa shape index (κ2) is 9.55. The predicted molar refractivity (Wildman–Crippen MR) is 114 cm³/mol. The minimum atomic E-state index is -3.65. The van der Waals surface area contributed by atoms with Gasteiger partial charge in [0.15, 0.2) is 11.6 Å². The number of halogens is 2. The summed E-state index contributed by atoms with van der Waals surface area (Å²) in [6.45, 7) is 1.46. The summed E-state index contributed by atoms with van der Waals surface area (Å²) in [5, 5.41) is 1.04. The van der Waals surface area contributed by atoms with Gasteiger partial charge in [0.05, 0.1) is 36.7 Å². The molecule has 1 aliphatic rings. The molecule has 11 heteroatoms. The Morgan fingerprint density at radius 3 is 2.62 bits per heavy atom. The predicted octanol–water partition coefficient (Wildman–Crippen LogP) is 2.27. The first-order chi connectivity index (χ1) is 15.1. The zero-order valence-corrected chi connectivity index (χ0v) is 18.9. The maximum absolute atomic E-state index is 15.0. The number of carbonyl (C=O) groups is 1. The Labute approximate surface area is 186 Å². The SMILES string of the molecule is CCS(=O)(=O)N[C@@H]1C[C@@](Cc2cccc(-c3ncc(F)cn3)c2)(C(=O)N(C)OC)C[C@@H]1F. The zero-order chi connectivity index (χ0) is 23.5. The number of hydrogen-bond acceptors (Lipinski definition) is 6. The van der Waals surface area contributed by atoms with Crippen LogP contribution < -0.4 is 4.72 Å². The molecule has 1 aliphatic carbocycles. The summed E-state index contributed by atoms with van der Waals surface area (Å²) < 4.78 is 54.5. The number of hydrogen-bond donors (Lipinski definition) is 1. The third-order valence-corrected chi connectivity index (χ3v) is 7.13. The summed E-state index contributed by atoms with van der Waals surface area (Å²) in [4.78, 5) is 26.2. The number of aromatic nitrogens is 2. The van der Waals surface area contributed by atoms with Gasteiger partial charge in [0.2, 0.25) is 10.0 Å². The first-order valence-corrected chi connectivity index (χ1v) is 11.8. The second-order valence-electron chi connectivity index (χ2n) is 7.92. The Hall–Kier alpha value is -2.50. The summed E-state index contributed by atoms with van der Waals surface area (Å²) in [6, 6.07) is 6.02. The van der Waals surface area contributed by atoms with Gasteiger partial charge in [0, 0.05) is 12.6 Å². The van der Waals surface area contributed by atoms with Crippen LogP contribution in [0.1, 0.15) is 25.3 Å². The van der Waals surface area contributed by atoms with E-state index in [4.69, 9.17) is 4.84 Å². The highest BCUT2D eigenvalue weighted by molar-refractivity contribution is 7.89. The standard InChI is InChI=1S/C21H26F2N4O4S/c1-4-32(29,30)26-18-11-21(10-17(18)23,20(28)27(2)31-3)9-14-6-5-7-15(8-14)19-24-12-16(22)13-25-19/h5-8,12-13,17-18,26H,4,9-11H2,1-3H3/t17-,18+,21-/m0/s1. The van der Waals surface area contributed by atoms with Crippen LogP contribution in [0.5, 0.6) is 0 Å². The van der Waals surface area contributed by atoms with E-state index in [2.05, 4.69) is 14.7 Å². The first-order valence-electron chi connectivity index (χ1n) is 10.1. The van der Waals surface area contributed by atoms with Crippen LogP contribution in [-0.4, -0.2) is 61.5 Å². The molecule has 0 saturated heterocycles. The van der Waals surface area contributed by atoms with E-state index in [0.717, 1.165) is 17.5 Å². The Morgan fingerprint density at radius 1 is 1.31 bits per heavy atom. The number of amides is 1. The van der Waals surface area contributed by atoms with Crippen molar-refractivity contribution in [3.8, 4) is 11.4 Å². The highest BCUT2D eigenvalue weighted by Crippen LogP contribution is 2.44. The molecule has 1 heterocycles. The van der Waals surface area contributed by atoms with E-state index in [1.54, 1.807) is 24.3 Å². The van der Waals surface area contributed by atoms with Crippen LogP contribution in [0.15, 0.2) is 36.7 Å². The molecular weight excluding hydrogens is 442 g/mol. The summed E-state index contributed by atoms with van der Waals surface area (Å²) in [7, 11) is -0.885. The molecule has 3 atom stereocenters. The van der Waals surface area contributed by atoms with Gasteiger partial charge in [-0.15, -0.1) is 0 Å². The van der Waals surface area contributed by atoms with Crippen LogP contribution in [0.3, 0.4) is 0 Å². The lowest BCUT2D eigenvalue weighted by Gasteiger charge is -2.31. The van der Waals surface area contributed by atoms with Crippen LogP contribution in [0, 0.1) is 11.2 Å². The zero-order valence-electron chi connectivity index (χ0n) is 18.1. The topological polar surface area (TPSA) is 101 Å². The van der Waals surface area contributed by atoms with Gasteiger partial charge in [-0.05, 0) is 37.8 Å². The van der Waals surface area contributed by atoms with E-state index in [-0.39, 0.29) is 25.0 Å². The van der Waals surface area contributed by atoms with Crippen LogP contribution in [0.4, 0.5) is 8.78 Å². The van der Waals surface area contributed by atoms with Crippen molar-refractivity contribution in [2.24, 2.45) is 5.41 Å². The molecule has 3 rings (SSSR count). The molecular formula is C21H26F2N4O4S. The molecule has 0 radical (unpaired) electrons. The molecule has 1 aromatic carbocycles. The Bertz CT molecular complexity index is 1070. The van der Waals surface area contributed by atoms with E-state index in [0.29, 0.717) is 17.0 Å². The number of nitrogens with zero attached hydrogens (tertiary/aromatic N) is 3. The van der Waals surface area contributed by atoms with E-state index in [9.17, 15) is 22.0 Å². The minimum absolute atomic E-state index is 0.0167. The Kier molecular flexibility index (Phi) is 7.21. The number of benzene rings is 1. The quantitative estimate of drug-likeness (QED) is 0.597. The van der Waals surface area contributed by atoms with Gasteiger partial charge in [-0.3, -0.25) is 9.63 Å². The van der Waals surface area contributed by atoms with E-state index < -0.39 is 39.4 Å². The van der Waals surface area contributed by atoms with Crippen molar-refractivity contribution in [2.45, 2.75) is 38.4 Å². The van der Waals surface area contributed by atoms with E-state index in [1.807, 2.05) is 0 Å². The van der Waals surface area contributed by atoms with Gasteiger partial charge >= 0.3 is 0 Å². The average Bonchev–Trinajstić information content (AvgIpc) is 3.08. The van der Waals surface area contributed by atoms with E-state index >= 15 is 0 Å². The largest absolute Gasteiger partial charge is 0.275 e. The lowest BCUT2D eigenvalue weighted by molar-refractivity contribution is -0.180. The minimum Gasteiger partial charge on any atom is -0.275 e. The van der Waals surface area contributed by atoms with Crippen LogP contribution in [-0.2, 0) is 26.1 Å². The Balaban J connectivity index is 1.93. The maximum atomic E-state index is 15.0. The van der Waals surface area contributed by atoms with Crippen LogP contribution in [0.25, 0.3) is 11.4 Å². The summed E-state index contributed by atoms with van der Waals surface area (Å²) in [6.07, 6.45) is 0.560. The molecule has 2 aromatic rings. The lowest BCUT2D eigenvalue weighted by Crippen LogP contribution is -2.43. The molecule has 1 saturated carbocycles. The van der Waals surface area contributed by atoms with Gasteiger partial charge in [0.25, 0.3) is 5.91 Å². The molecule has 174 valence electrons. The first kappa shape index (κ1) is 24.1. The molecule has 0 unspecified atom stereocenters. The Morgan fingerprint density at radius 2 is 2.00 bits per heavy atom. The van der Waals surface area contributed by atoms with Crippen molar-refractivity contribution in [3.05, 3.63) is 48.0 Å². The van der Waals surface area contributed by atoms with Crippen molar-refractivity contribution in [1.29, 1.82) is 0 Å². The summed E-state index contributed by atoms with van der Waals surface area (Å²) in [5.41, 5.74) is 0.107. The van der Waals surface area contributed by atoms with Gasteiger partial charge in [-0.1, -0.05) is 18.2 Å². The number of nitrogens with one attached hydrogen (secondary N) is 1. The smallest absolute Gasteiger partial charge is 0.252 e. The van der Waals surface area contributed by atoms with E-state index in [1.165, 1.54) is 21.1 Å². The van der Waals surface area contributed by atoms with Crippen molar-refractivity contribution < 1.29 is 26.8 Å². The second-order valence-corrected chi connectivity index (χ2v) is 9.96. The fourth-order valence-corrected chi connectivity index (χ4v) is 4.92. The summed E-state index contributed by atoms with van der Waals surface area (Å²) in [5.74, 6) is -0.873. The van der Waals surface area contributed by atoms with Gasteiger partial charge in [-0.2, -0.15) is 0 Å². The molecule has 8 nitrogen and oxygen atoms in total. The molecule has 1 amide bonds. The monoisotopic (exact) mass is 468 g/mol. The fraction of sp³-hybridized carbons (Fsp3) is 0.476. The molecule has 0 spiro atoms. The number of alkyl halides is 1. The molecule has 0 bridgehead atoms. The number of rotatable bonds is 8. The van der Waals surface area contributed by atoms with Crippen molar-refractivity contribution >= 4 is 15.9 Å². The molecule has 32 heavy (non-hydrogen) atoms. The normalized spacial score (nSPS) is 23.3. The highest BCUT2D eigenvalue weighted by Gasteiger charge is 2.52. The van der Waals surface area contributed by atoms with Crippen molar-refractivity contribution in [1.82, 2.24) is 19.8 Å². The summed E-state index contributed by atoms with van der Waals surface area (Å²) >= 11 is 0. The maximum Gasteiger partial charge on any atom is 0.252 e. The van der Waals surface area contributed by atoms with Gasteiger partial charge in [0.1, 0.15) is 6.17 Å². The van der Waals surface area contributed by atoms with Gasteiger partial charge < -0.3 is 0 Å². The molecule has 1 N–H and O–H groups in total. The molecule has 1 aromatic heterocycles. The fourth-order valence-electron chi connectivity index (χ4n) is 4.06. The van der Waals surface area contributed by atoms with Crippen LogP contribution >= 0.6 is 0 Å². The third kappa shape index (κ3) is 5.28.